The first-order valence-corrected chi connectivity index (χ1v) is 10.3. The highest BCUT2D eigenvalue weighted by Gasteiger charge is 2.27. The number of amides is 1. The van der Waals surface area contributed by atoms with Gasteiger partial charge in [0.15, 0.2) is 0 Å². The zero-order chi connectivity index (χ0) is 21.3. The van der Waals surface area contributed by atoms with Crippen LogP contribution in [0.5, 0.6) is 0 Å². The molecule has 0 fully saturated rings. The molecule has 2 aromatic carbocycles. The van der Waals surface area contributed by atoms with Gasteiger partial charge in [0.05, 0.1) is 11.4 Å². The Balaban J connectivity index is 1.46. The Morgan fingerprint density at radius 2 is 1.73 bits per heavy atom. The van der Waals surface area contributed by atoms with Crippen LogP contribution in [0.3, 0.4) is 0 Å². The van der Waals surface area contributed by atoms with E-state index in [9.17, 15) is 4.79 Å². The molecule has 0 spiro atoms. The van der Waals surface area contributed by atoms with Crippen molar-refractivity contribution < 1.29 is 4.79 Å². The fraction of sp³-hybridized carbons (Fsp3) is 0.280. The SMILES string of the molecule is Cc1nn(-c2ccccc2)c(C)c1C1C=CC(NC(=O)c2ccc(N(C)C)cc2)C1. The molecule has 0 saturated heterocycles. The molecule has 0 radical (unpaired) electrons. The summed E-state index contributed by atoms with van der Waals surface area (Å²) in [5.41, 5.74) is 6.27. The van der Waals surface area contributed by atoms with Gasteiger partial charge >= 0.3 is 0 Å². The zero-order valence-electron chi connectivity index (χ0n) is 18.0. The van der Waals surface area contributed by atoms with Crippen molar-refractivity contribution in [3.8, 4) is 5.69 Å². The molecule has 1 aromatic heterocycles. The topological polar surface area (TPSA) is 50.2 Å². The van der Waals surface area contributed by atoms with Gasteiger partial charge in [-0.15, -0.1) is 0 Å². The Kier molecular flexibility index (Phi) is 5.44. The van der Waals surface area contributed by atoms with E-state index in [1.807, 2.05) is 66.1 Å². The summed E-state index contributed by atoms with van der Waals surface area (Å²) < 4.78 is 2.01. The largest absolute Gasteiger partial charge is 0.378 e. The Hall–Kier alpha value is -3.34. The lowest BCUT2D eigenvalue weighted by Crippen LogP contribution is -2.32. The van der Waals surface area contributed by atoms with Gasteiger partial charge in [-0.05, 0) is 56.7 Å². The number of aromatic nitrogens is 2. The van der Waals surface area contributed by atoms with Gasteiger partial charge in [-0.1, -0.05) is 30.4 Å². The molecule has 3 aromatic rings. The first-order chi connectivity index (χ1) is 14.4. The van der Waals surface area contributed by atoms with Crippen LogP contribution in [0.1, 0.15) is 39.6 Å². The summed E-state index contributed by atoms with van der Waals surface area (Å²) in [4.78, 5) is 14.7. The summed E-state index contributed by atoms with van der Waals surface area (Å²) >= 11 is 0. The van der Waals surface area contributed by atoms with Crippen molar-refractivity contribution in [3.05, 3.63) is 89.3 Å². The number of hydrogen-bond donors (Lipinski definition) is 1. The fourth-order valence-electron chi connectivity index (χ4n) is 4.19. The molecule has 2 atom stereocenters. The standard InChI is InChI=1S/C25H28N4O/c1-17-24(18(2)29(27-17)23-8-6-5-7-9-23)20-10-13-21(16-20)26-25(30)19-11-14-22(15-12-19)28(3)4/h5-15,20-21H,16H2,1-4H3,(H,26,30). The maximum absolute atomic E-state index is 12.7. The molecular formula is C25H28N4O. The van der Waals surface area contributed by atoms with Crippen molar-refractivity contribution in [2.24, 2.45) is 0 Å². The van der Waals surface area contributed by atoms with Crippen LogP contribution in [-0.2, 0) is 0 Å². The molecule has 1 amide bonds. The maximum atomic E-state index is 12.7. The van der Waals surface area contributed by atoms with Crippen molar-refractivity contribution in [2.75, 3.05) is 19.0 Å². The first kappa shape index (κ1) is 20.0. The highest BCUT2D eigenvalue weighted by molar-refractivity contribution is 5.94. The van der Waals surface area contributed by atoms with Crippen LogP contribution in [0, 0.1) is 13.8 Å². The van der Waals surface area contributed by atoms with Crippen molar-refractivity contribution in [2.45, 2.75) is 32.2 Å². The van der Waals surface area contributed by atoms with Crippen molar-refractivity contribution in [1.82, 2.24) is 15.1 Å². The van der Waals surface area contributed by atoms with E-state index in [4.69, 9.17) is 5.10 Å². The number of rotatable bonds is 5. The second-order valence-corrected chi connectivity index (χ2v) is 8.08. The molecule has 5 nitrogen and oxygen atoms in total. The molecule has 0 aliphatic heterocycles. The number of carbonyl (C=O) groups excluding carboxylic acids is 1. The zero-order valence-corrected chi connectivity index (χ0v) is 18.0. The summed E-state index contributed by atoms with van der Waals surface area (Å²) in [6.07, 6.45) is 5.16. The maximum Gasteiger partial charge on any atom is 0.251 e. The summed E-state index contributed by atoms with van der Waals surface area (Å²) in [5, 5.41) is 7.93. The van der Waals surface area contributed by atoms with Gasteiger partial charge in [0, 0.05) is 48.6 Å². The Morgan fingerprint density at radius 3 is 2.40 bits per heavy atom. The molecule has 0 saturated carbocycles. The molecule has 30 heavy (non-hydrogen) atoms. The van der Waals surface area contributed by atoms with E-state index in [2.05, 4.69) is 43.4 Å². The summed E-state index contributed by atoms with van der Waals surface area (Å²) in [6, 6.07) is 17.9. The van der Waals surface area contributed by atoms with Crippen LogP contribution in [-0.4, -0.2) is 35.8 Å². The van der Waals surface area contributed by atoms with Gasteiger partial charge in [-0.2, -0.15) is 5.10 Å². The molecular weight excluding hydrogens is 372 g/mol. The molecule has 4 rings (SSSR count). The third-order valence-corrected chi connectivity index (χ3v) is 5.76. The Bertz CT molecular complexity index is 1060. The minimum atomic E-state index is -0.0379. The van der Waals surface area contributed by atoms with E-state index in [1.165, 1.54) is 5.56 Å². The number of carbonyl (C=O) groups is 1. The predicted octanol–water partition coefficient (Wildman–Crippen LogP) is 4.40. The minimum Gasteiger partial charge on any atom is -0.378 e. The second-order valence-electron chi connectivity index (χ2n) is 8.08. The van der Waals surface area contributed by atoms with E-state index in [-0.39, 0.29) is 17.9 Å². The van der Waals surface area contributed by atoms with Crippen molar-refractivity contribution >= 4 is 11.6 Å². The monoisotopic (exact) mass is 400 g/mol. The van der Waals surface area contributed by atoms with Gasteiger partial charge < -0.3 is 10.2 Å². The van der Waals surface area contributed by atoms with Crippen LogP contribution in [0.4, 0.5) is 5.69 Å². The molecule has 0 bridgehead atoms. The lowest BCUT2D eigenvalue weighted by Gasteiger charge is -2.16. The number of nitrogens with one attached hydrogen (secondary N) is 1. The molecule has 1 N–H and O–H groups in total. The van der Waals surface area contributed by atoms with Crippen LogP contribution >= 0.6 is 0 Å². The summed E-state index contributed by atoms with van der Waals surface area (Å²) in [7, 11) is 3.98. The highest BCUT2D eigenvalue weighted by Crippen LogP contribution is 2.34. The van der Waals surface area contributed by atoms with Gasteiger partial charge in [0.1, 0.15) is 0 Å². The van der Waals surface area contributed by atoms with Gasteiger partial charge in [0.25, 0.3) is 5.91 Å². The fourth-order valence-corrected chi connectivity index (χ4v) is 4.19. The average molecular weight is 401 g/mol. The number of benzene rings is 2. The van der Waals surface area contributed by atoms with E-state index >= 15 is 0 Å². The van der Waals surface area contributed by atoms with E-state index in [0.717, 1.165) is 29.2 Å². The van der Waals surface area contributed by atoms with Crippen molar-refractivity contribution in [3.63, 3.8) is 0 Å². The van der Waals surface area contributed by atoms with Crippen LogP contribution in [0.25, 0.3) is 5.69 Å². The Labute approximate surface area is 178 Å². The lowest BCUT2D eigenvalue weighted by molar-refractivity contribution is 0.0944. The number of para-hydroxylation sites is 1. The third kappa shape index (κ3) is 3.88. The van der Waals surface area contributed by atoms with E-state index in [1.54, 1.807) is 0 Å². The smallest absolute Gasteiger partial charge is 0.251 e. The minimum absolute atomic E-state index is 0.0231. The van der Waals surface area contributed by atoms with Gasteiger partial charge in [0.2, 0.25) is 0 Å². The predicted molar refractivity (Wildman–Crippen MR) is 122 cm³/mol. The molecule has 1 aliphatic carbocycles. The molecule has 2 unspecified atom stereocenters. The lowest BCUT2D eigenvalue weighted by atomic mass is 9.96. The molecule has 1 heterocycles. The van der Waals surface area contributed by atoms with Gasteiger partial charge in [-0.3, -0.25) is 4.79 Å². The third-order valence-electron chi connectivity index (χ3n) is 5.76. The molecule has 1 aliphatic rings. The van der Waals surface area contributed by atoms with E-state index in [0.29, 0.717) is 5.56 Å². The quantitative estimate of drug-likeness (QED) is 0.646. The average Bonchev–Trinajstić information content (AvgIpc) is 3.32. The normalized spacial score (nSPS) is 17.9. The van der Waals surface area contributed by atoms with Crippen molar-refractivity contribution in [1.29, 1.82) is 0 Å². The number of anilines is 1. The molecule has 5 heteroatoms. The van der Waals surface area contributed by atoms with Gasteiger partial charge in [-0.25, -0.2) is 4.68 Å². The first-order valence-electron chi connectivity index (χ1n) is 10.3. The molecule has 154 valence electrons. The Morgan fingerprint density at radius 1 is 1.03 bits per heavy atom. The van der Waals surface area contributed by atoms with Crippen LogP contribution < -0.4 is 10.2 Å². The van der Waals surface area contributed by atoms with Crippen LogP contribution in [0.15, 0.2) is 66.7 Å². The number of allylic oxidation sites excluding steroid dienone is 1. The van der Waals surface area contributed by atoms with E-state index < -0.39 is 0 Å². The summed E-state index contributed by atoms with van der Waals surface area (Å²) in [5.74, 6) is 0.216. The number of aryl methyl sites for hydroxylation is 1. The number of nitrogens with zero attached hydrogens (tertiary/aromatic N) is 3. The number of hydrogen-bond acceptors (Lipinski definition) is 3. The second kappa shape index (κ2) is 8.19. The van der Waals surface area contributed by atoms with Crippen LogP contribution in [0.2, 0.25) is 0 Å². The highest BCUT2D eigenvalue weighted by atomic mass is 16.1. The summed E-state index contributed by atoms with van der Waals surface area (Å²) in [6.45, 7) is 4.18.